The van der Waals surface area contributed by atoms with Crippen LogP contribution in [-0.4, -0.2) is 45.9 Å². The molecule has 1 fully saturated rings. The van der Waals surface area contributed by atoms with Gasteiger partial charge < -0.3 is 19.3 Å². The summed E-state index contributed by atoms with van der Waals surface area (Å²) in [6, 6.07) is 7.86. The monoisotopic (exact) mass is 481 g/mol. The molecule has 1 aliphatic rings. The number of rotatable bonds is 5. The summed E-state index contributed by atoms with van der Waals surface area (Å²) in [7, 11) is 1.73. The molecule has 1 saturated heterocycles. The molecule has 0 amide bonds. The largest absolute Gasteiger partial charge is 0.382 e. The van der Waals surface area contributed by atoms with Gasteiger partial charge in [0.05, 0.1) is 35.0 Å². The van der Waals surface area contributed by atoms with Crippen LogP contribution in [0.15, 0.2) is 36.9 Å². The molecule has 32 heavy (non-hydrogen) atoms. The number of ether oxygens (including phenoxy) is 1. The number of aromatic nitrogens is 2. The second-order valence-corrected chi connectivity index (χ2v) is 8.67. The van der Waals surface area contributed by atoms with Crippen LogP contribution in [0.25, 0.3) is 16.7 Å². The number of aliphatic hydroxyl groups excluding tert-OH is 1. The van der Waals surface area contributed by atoms with Crippen molar-refractivity contribution in [1.29, 1.82) is 0 Å². The van der Waals surface area contributed by atoms with Crippen molar-refractivity contribution in [3.63, 3.8) is 0 Å². The van der Waals surface area contributed by atoms with Crippen molar-refractivity contribution in [2.45, 2.75) is 19.0 Å². The maximum atomic E-state index is 13.7. The molecule has 1 aromatic carbocycles. The van der Waals surface area contributed by atoms with Gasteiger partial charge in [-0.3, -0.25) is 0 Å². The van der Waals surface area contributed by atoms with Crippen LogP contribution in [0.2, 0.25) is 10.0 Å². The Balaban J connectivity index is 1.76. The van der Waals surface area contributed by atoms with E-state index in [1.165, 1.54) is 6.07 Å². The third-order valence-corrected chi connectivity index (χ3v) is 6.51. The Bertz CT molecular complexity index is 1180. The minimum atomic E-state index is -3.07. The fourth-order valence-electron chi connectivity index (χ4n) is 3.93. The standard InChI is InChI=1S/C23H23Cl2F2N3O2/c1-13(30-8-10-32-11-9-30)14-4-5-15(24)20(21(14)25)22(31)18-12-16-17(29(18)3)6-7-19(28-16)23(2,26)27/h4-7,12,22,31H,1,8-11H2,2-3H3. The van der Waals surface area contributed by atoms with Crippen LogP contribution in [0.5, 0.6) is 0 Å². The van der Waals surface area contributed by atoms with Crippen LogP contribution in [0.4, 0.5) is 8.78 Å². The van der Waals surface area contributed by atoms with Gasteiger partial charge in [0.15, 0.2) is 0 Å². The van der Waals surface area contributed by atoms with Gasteiger partial charge in [-0.1, -0.05) is 29.8 Å². The molecule has 1 aliphatic heterocycles. The lowest BCUT2D eigenvalue weighted by Gasteiger charge is -2.31. The predicted molar refractivity (Wildman–Crippen MR) is 122 cm³/mol. The average molecular weight is 482 g/mol. The Morgan fingerprint density at radius 2 is 1.91 bits per heavy atom. The first kappa shape index (κ1) is 23.0. The molecule has 4 rings (SSSR count). The van der Waals surface area contributed by atoms with Crippen molar-refractivity contribution in [3.8, 4) is 0 Å². The van der Waals surface area contributed by atoms with E-state index < -0.39 is 12.0 Å². The van der Waals surface area contributed by atoms with Gasteiger partial charge in [-0.25, -0.2) is 4.98 Å². The van der Waals surface area contributed by atoms with Crippen molar-refractivity contribution in [2.24, 2.45) is 7.05 Å². The maximum Gasteiger partial charge on any atom is 0.286 e. The van der Waals surface area contributed by atoms with Gasteiger partial charge in [-0.15, -0.1) is 0 Å². The van der Waals surface area contributed by atoms with E-state index in [-0.39, 0.29) is 5.69 Å². The van der Waals surface area contributed by atoms with Crippen molar-refractivity contribution >= 4 is 39.9 Å². The number of fused-ring (bicyclic) bond motifs is 1. The number of aryl methyl sites for hydroxylation is 1. The summed E-state index contributed by atoms with van der Waals surface area (Å²) in [5.41, 5.74) is 2.76. The van der Waals surface area contributed by atoms with Gasteiger partial charge >= 0.3 is 0 Å². The smallest absolute Gasteiger partial charge is 0.286 e. The van der Waals surface area contributed by atoms with Crippen molar-refractivity contribution < 1.29 is 18.6 Å². The summed E-state index contributed by atoms with van der Waals surface area (Å²) in [4.78, 5) is 6.15. The molecular formula is C23H23Cl2F2N3O2. The Morgan fingerprint density at radius 3 is 2.56 bits per heavy atom. The van der Waals surface area contributed by atoms with Gasteiger partial charge in [0, 0.05) is 48.9 Å². The zero-order valence-electron chi connectivity index (χ0n) is 17.7. The van der Waals surface area contributed by atoms with E-state index >= 15 is 0 Å². The second-order valence-electron chi connectivity index (χ2n) is 7.89. The summed E-state index contributed by atoms with van der Waals surface area (Å²) in [6.07, 6.45) is -1.20. The van der Waals surface area contributed by atoms with E-state index in [0.717, 1.165) is 12.6 Å². The van der Waals surface area contributed by atoms with Gasteiger partial charge in [0.25, 0.3) is 5.92 Å². The van der Waals surface area contributed by atoms with Gasteiger partial charge in [0.1, 0.15) is 11.8 Å². The highest BCUT2D eigenvalue weighted by molar-refractivity contribution is 6.37. The quantitative estimate of drug-likeness (QED) is 0.531. The highest BCUT2D eigenvalue weighted by Crippen LogP contribution is 2.40. The van der Waals surface area contributed by atoms with E-state index in [9.17, 15) is 13.9 Å². The van der Waals surface area contributed by atoms with E-state index in [1.807, 2.05) is 0 Å². The third-order valence-electron chi connectivity index (χ3n) is 5.77. The highest BCUT2D eigenvalue weighted by atomic mass is 35.5. The van der Waals surface area contributed by atoms with Crippen molar-refractivity contribution in [2.75, 3.05) is 26.3 Å². The van der Waals surface area contributed by atoms with Gasteiger partial charge in [0.2, 0.25) is 0 Å². The van der Waals surface area contributed by atoms with Crippen LogP contribution in [0, 0.1) is 0 Å². The molecule has 0 radical (unpaired) electrons. The molecule has 9 heteroatoms. The molecule has 1 N–H and O–H groups in total. The molecule has 0 saturated carbocycles. The number of halogens is 4. The second kappa shape index (κ2) is 8.63. The Kier molecular flexibility index (Phi) is 6.20. The fraction of sp³-hybridized carbons (Fsp3) is 0.348. The van der Waals surface area contributed by atoms with Crippen LogP contribution in [-0.2, 0) is 17.7 Å². The van der Waals surface area contributed by atoms with Crippen LogP contribution in [0.1, 0.15) is 35.5 Å². The summed E-state index contributed by atoms with van der Waals surface area (Å²) in [5, 5.41) is 11.8. The molecule has 0 spiro atoms. The molecule has 1 unspecified atom stereocenters. The van der Waals surface area contributed by atoms with Crippen LogP contribution >= 0.6 is 23.2 Å². The average Bonchev–Trinajstić information content (AvgIpc) is 3.09. The predicted octanol–water partition coefficient (Wildman–Crippen LogP) is 5.38. The van der Waals surface area contributed by atoms with Gasteiger partial charge in [-0.2, -0.15) is 8.78 Å². The Labute approximate surface area is 194 Å². The maximum absolute atomic E-state index is 13.7. The van der Waals surface area contributed by atoms with Gasteiger partial charge in [-0.05, 0) is 30.3 Å². The Hall–Kier alpha value is -2.19. The van der Waals surface area contributed by atoms with E-state index in [4.69, 9.17) is 27.9 Å². The topological polar surface area (TPSA) is 50.5 Å². The third kappa shape index (κ3) is 4.10. The molecule has 170 valence electrons. The molecule has 0 aliphatic carbocycles. The summed E-state index contributed by atoms with van der Waals surface area (Å²) >= 11 is 13.2. The number of hydrogen-bond donors (Lipinski definition) is 1. The first-order valence-corrected chi connectivity index (χ1v) is 10.9. The summed E-state index contributed by atoms with van der Waals surface area (Å²) < 4.78 is 34.5. The minimum absolute atomic E-state index is 0.292. The fourth-order valence-corrected chi connectivity index (χ4v) is 4.62. The number of benzene rings is 1. The number of morpholine rings is 1. The minimum Gasteiger partial charge on any atom is -0.382 e. The number of aliphatic hydroxyl groups is 1. The zero-order chi connectivity index (χ0) is 23.2. The van der Waals surface area contributed by atoms with Crippen LogP contribution < -0.4 is 0 Å². The first-order valence-electron chi connectivity index (χ1n) is 10.1. The van der Waals surface area contributed by atoms with E-state index in [2.05, 4.69) is 16.5 Å². The number of pyridine rings is 1. The molecule has 3 aromatic rings. The van der Waals surface area contributed by atoms with Crippen LogP contribution in [0.3, 0.4) is 0 Å². The first-order chi connectivity index (χ1) is 15.1. The highest BCUT2D eigenvalue weighted by Gasteiger charge is 2.28. The molecule has 0 bridgehead atoms. The van der Waals surface area contributed by atoms with Crippen molar-refractivity contribution in [3.05, 3.63) is 69.5 Å². The van der Waals surface area contributed by atoms with E-state index in [0.29, 0.717) is 64.2 Å². The normalized spacial score (nSPS) is 15.9. The SMILES string of the molecule is C=C(c1ccc(Cl)c(C(O)c2cc3nc(C(C)(F)F)ccc3n2C)c1Cl)N1CCOCC1. The number of alkyl halides is 2. The van der Waals surface area contributed by atoms with E-state index in [1.54, 1.807) is 35.9 Å². The lowest BCUT2D eigenvalue weighted by atomic mass is 10.0. The molecule has 2 aromatic heterocycles. The molecule has 1 atom stereocenters. The van der Waals surface area contributed by atoms with Crippen molar-refractivity contribution in [1.82, 2.24) is 14.5 Å². The molecular weight excluding hydrogens is 459 g/mol. The Morgan fingerprint density at radius 1 is 1.22 bits per heavy atom. The zero-order valence-corrected chi connectivity index (χ0v) is 19.2. The lowest BCUT2D eigenvalue weighted by molar-refractivity contribution is 0.0131. The number of nitrogens with zero attached hydrogens (tertiary/aromatic N) is 3. The summed E-state index contributed by atoms with van der Waals surface area (Å²) in [6.45, 7) is 7.55. The summed E-state index contributed by atoms with van der Waals surface area (Å²) in [5.74, 6) is -3.07. The molecule has 5 nitrogen and oxygen atoms in total. The number of hydrogen-bond acceptors (Lipinski definition) is 4. The molecule has 3 heterocycles. The lowest BCUT2D eigenvalue weighted by Crippen LogP contribution is -2.34.